The number of carbonyl (C=O) groups excluding carboxylic acids is 1. The Morgan fingerprint density at radius 1 is 1.17 bits per heavy atom. The first-order valence-corrected chi connectivity index (χ1v) is 8.49. The lowest BCUT2D eigenvalue weighted by Crippen LogP contribution is -2.21. The summed E-state index contributed by atoms with van der Waals surface area (Å²) in [5.41, 5.74) is 2.15. The molecule has 3 rings (SSSR count). The Morgan fingerprint density at radius 2 is 1.92 bits per heavy atom. The van der Waals surface area contributed by atoms with Gasteiger partial charge in [-0.2, -0.15) is 0 Å². The van der Waals surface area contributed by atoms with E-state index in [-0.39, 0.29) is 5.97 Å². The molecular weight excluding hydrogens is 322 g/mol. The van der Waals surface area contributed by atoms with Crippen LogP contribution in [0.1, 0.15) is 12.0 Å². The van der Waals surface area contributed by atoms with E-state index in [0.717, 1.165) is 25.1 Å². The molecule has 1 aliphatic rings. The highest BCUT2D eigenvalue weighted by Gasteiger charge is 2.23. The van der Waals surface area contributed by atoms with E-state index in [1.807, 2.05) is 30.3 Å². The van der Waals surface area contributed by atoms with E-state index in [9.17, 15) is 4.79 Å². The van der Waals surface area contributed by atoms with Gasteiger partial charge in [0.1, 0.15) is 0 Å². The number of anilines is 1. The van der Waals surface area contributed by atoms with Crippen LogP contribution in [0.5, 0.6) is 0 Å². The fraction of sp³-hybridized carbons (Fsp3) is 0.250. The summed E-state index contributed by atoms with van der Waals surface area (Å²) >= 11 is 5.83. The first kappa shape index (κ1) is 16.6. The van der Waals surface area contributed by atoms with Gasteiger partial charge in [0, 0.05) is 35.8 Å². The molecule has 1 atom stereocenters. The average Bonchev–Trinajstić information content (AvgIpc) is 3.09. The lowest BCUT2D eigenvalue weighted by atomic mass is 10.1. The van der Waals surface area contributed by atoms with Crippen molar-refractivity contribution in [3.05, 3.63) is 71.3 Å². The first-order chi connectivity index (χ1) is 11.7. The molecule has 0 saturated carbocycles. The molecule has 24 heavy (non-hydrogen) atoms. The number of halogens is 1. The maximum Gasteiger partial charge on any atom is 0.330 e. The molecule has 0 radical (unpaired) electrons. The molecule has 0 amide bonds. The van der Waals surface area contributed by atoms with Crippen LogP contribution in [0.4, 0.5) is 5.69 Å². The minimum absolute atomic E-state index is 0.303. The van der Waals surface area contributed by atoms with Gasteiger partial charge in [-0.3, -0.25) is 0 Å². The maximum absolute atomic E-state index is 11.8. The number of carbonyl (C=O) groups is 1. The Balaban J connectivity index is 1.44. The van der Waals surface area contributed by atoms with Gasteiger partial charge >= 0.3 is 5.97 Å². The van der Waals surface area contributed by atoms with Crippen LogP contribution in [0.25, 0.3) is 6.08 Å². The predicted octanol–water partition coefficient (Wildman–Crippen LogP) is 4.42. The highest BCUT2D eigenvalue weighted by atomic mass is 35.5. The second-order valence-electron chi connectivity index (χ2n) is 5.95. The molecule has 1 unspecified atom stereocenters. The highest BCUT2D eigenvalue weighted by Crippen LogP contribution is 2.23. The Labute approximate surface area is 147 Å². The number of ether oxygens (including phenoxy) is 1. The largest absolute Gasteiger partial charge is 0.462 e. The Kier molecular flexibility index (Phi) is 5.55. The van der Waals surface area contributed by atoms with Gasteiger partial charge in [-0.15, -0.1) is 0 Å². The van der Waals surface area contributed by atoms with Crippen LogP contribution in [0, 0.1) is 5.92 Å². The Morgan fingerprint density at radius 3 is 2.67 bits per heavy atom. The fourth-order valence-corrected chi connectivity index (χ4v) is 2.95. The zero-order chi connectivity index (χ0) is 16.8. The standard InChI is InChI=1S/C20H20ClNO2/c21-18-9-6-16(7-10-18)8-11-20(23)24-15-17-12-13-22(14-17)19-4-2-1-3-5-19/h1-11,17H,12-15H2. The lowest BCUT2D eigenvalue weighted by Gasteiger charge is -2.18. The molecule has 2 aromatic rings. The van der Waals surface area contributed by atoms with Crippen LogP contribution in [-0.4, -0.2) is 25.7 Å². The number of nitrogens with zero attached hydrogens (tertiary/aromatic N) is 1. The van der Waals surface area contributed by atoms with Crippen molar-refractivity contribution >= 4 is 29.3 Å². The van der Waals surface area contributed by atoms with Crippen molar-refractivity contribution in [2.45, 2.75) is 6.42 Å². The van der Waals surface area contributed by atoms with Gasteiger partial charge in [0.2, 0.25) is 0 Å². The quantitative estimate of drug-likeness (QED) is 0.595. The summed E-state index contributed by atoms with van der Waals surface area (Å²) in [4.78, 5) is 14.2. The second kappa shape index (κ2) is 8.02. The zero-order valence-electron chi connectivity index (χ0n) is 13.4. The average molecular weight is 342 g/mol. The van der Waals surface area contributed by atoms with Gasteiger partial charge in [-0.05, 0) is 42.3 Å². The van der Waals surface area contributed by atoms with Crippen molar-refractivity contribution in [3.63, 3.8) is 0 Å². The molecular formula is C20H20ClNO2. The van der Waals surface area contributed by atoms with E-state index in [0.29, 0.717) is 17.5 Å². The monoisotopic (exact) mass is 341 g/mol. The van der Waals surface area contributed by atoms with E-state index in [4.69, 9.17) is 16.3 Å². The summed E-state index contributed by atoms with van der Waals surface area (Å²) in [6, 6.07) is 17.7. The molecule has 1 heterocycles. The lowest BCUT2D eigenvalue weighted by molar-refractivity contribution is -0.138. The smallest absolute Gasteiger partial charge is 0.330 e. The van der Waals surface area contributed by atoms with Gasteiger partial charge in [-0.25, -0.2) is 4.79 Å². The van der Waals surface area contributed by atoms with Crippen molar-refractivity contribution in [1.29, 1.82) is 0 Å². The Hall–Kier alpha value is -2.26. The minimum Gasteiger partial charge on any atom is -0.462 e. The summed E-state index contributed by atoms with van der Waals surface area (Å²) in [5.74, 6) is 0.0844. The summed E-state index contributed by atoms with van der Waals surface area (Å²) in [6.07, 6.45) is 4.25. The van der Waals surface area contributed by atoms with Crippen LogP contribution in [-0.2, 0) is 9.53 Å². The third kappa shape index (κ3) is 4.62. The molecule has 0 aliphatic carbocycles. The van der Waals surface area contributed by atoms with Crippen LogP contribution in [0.15, 0.2) is 60.7 Å². The van der Waals surface area contributed by atoms with E-state index in [1.54, 1.807) is 18.2 Å². The van der Waals surface area contributed by atoms with Crippen molar-refractivity contribution in [2.24, 2.45) is 5.92 Å². The maximum atomic E-state index is 11.8. The molecule has 3 nitrogen and oxygen atoms in total. The van der Waals surface area contributed by atoms with E-state index >= 15 is 0 Å². The van der Waals surface area contributed by atoms with Crippen molar-refractivity contribution in [2.75, 3.05) is 24.6 Å². The SMILES string of the molecule is O=C(C=Cc1ccc(Cl)cc1)OCC1CCN(c2ccccc2)C1. The van der Waals surface area contributed by atoms with Crippen LogP contribution in [0.3, 0.4) is 0 Å². The van der Waals surface area contributed by atoms with Gasteiger partial charge in [0.15, 0.2) is 0 Å². The fourth-order valence-electron chi connectivity index (χ4n) is 2.83. The van der Waals surface area contributed by atoms with E-state index in [1.165, 1.54) is 11.8 Å². The molecule has 0 spiro atoms. The number of benzene rings is 2. The second-order valence-corrected chi connectivity index (χ2v) is 6.39. The summed E-state index contributed by atoms with van der Waals surface area (Å²) in [5, 5.41) is 0.680. The molecule has 0 N–H and O–H groups in total. The van der Waals surface area contributed by atoms with Crippen molar-refractivity contribution in [1.82, 2.24) is 0 Å². The Bertz CT molecular complexity index is 697. The minimum atomic E-state index is -0.303. The van der Waals surface area contributed by atoms with Gasteiger partial charge in [-0.1, -0.05) is 41.9 Å². The third-order valence-corrected chi connectivity index (χ3v) is 4.40. The number of para-hydroxylation sites is 1. The predicted molar refractivity (Wildman–Crippen MR) is 98.2 cm³/mol. The van der Waals surface area contributed by atoms with Crippen LogP contribution < -0.4 is 4.90 Å². The highest BCUT2D eigenvalue weighted by molar-refractivity contribution is 6.30. The number of rotatable bonds is 5. The molecule has 1 saturated heterocycles. The third-order valence-electron chi connectivity index (χ3n) is 4.15. The van der Waals surface area contributed by atoms with Crippen molar-refractivity contribution < 1.29 is 9.53 Å². The van der Waals surface area contributed by atoms with Gasteiger partial charge in [0.25, 0.3) is 0 Å². The van der Waals surface area contributed by atoms with E-state index < -0.39 is 0 Å². The molecule has 4 heteroatoms. The summed E-state index contributed by atoms with van der Waals surface area (Å²) < 4.78 is 5.38. The number of esters is 1. The number of hydrogen-bond donors (Lipinski definition) is 0. The molecule has 1 fully saturated rings. The normalized spacial score (nSPS) is 17.4. The molecule has 1 aliphatic heterocycles. The molecule has 2 aromatic carbocycles. The zero-order valence-corrected chi connectivity index (χ0v) is 14.2. The number of hydrogen-bond acceptors (Lipinski definition) is 3. The molecule has 124 valence electrons. The van der Waals surface area contributed by atoms with Crippen molar-refractivity contribution in [3.8, 4) is 0 Å². The summed E-state index contributed by atoms with van der Waals surface area (Å²) in [7, 11) is 0. The van der Waals surface area contributed by atoms with Gasteiger partial charge in [0.05, 0.1) is 6.61 Å². The van der Waals surface area contributed by atoms with Crippen LogP contribution in [0.2, 0.25) is 5.02 Å². The van der Waals surface area contributed by atoms with Crippen LogP contribution >= 0.6 is 11.6 Å². The van der Waals surface area contributed by atoms with Gasteiger partial charge < -0.3 is 9.64 Å². The molecule has 0 aromatic heterocycles. The topological polar surface area (TPSA) is 29.5 Å². The summed E-state index contributed by atoms with van der Waals surface area (Å²) in [6.45, 7) is 2.40. The molecule has 0 bridgehead atoms. The first-order valence-electron chi connectivity index (χ1n) is 8.11. The van der Waals surface area contributed by atoms with E-state index in [2.05, 4.69) is 17.0 Å².